The lowest BCUT2D eigenvalue weighted by atomic mass is 10.3. The van der Waals surface area contributed by atoms with E-state index in [1.165, 1.54) is 6.07 Å². The zero-order chi connectivity index (χ0) is 14.0. The molecule has 1 unspecified atom stereocenters. The number of carbonyl (C=O) groups is 1. The second-order valence-electron chi connectivity index (χ2n) is 3.84. The van der Waals surface area contributed by atoms with Gasteiger partial charge in [0.1, 0.15) is 6.04 Å². The first-order valence-electron chi connectivity index (χ1n) is 5.37. The number of carboxylic acid groups (broad SMARTS) is 1. The summed E-state index contributed by atoms with van der Waals surface area (Å²) in [6.07, 6.45) is 1.13. The zero-order valence-corrected chi connectivity index (χ0v) is 10.5. The van der Waals surface area contributed by atoms with Gasteiger partial charge in [0.15, 0.2) is 5.82 Å². The van der Waals surface area contributed by atoms with Crippen LogP contribution in [0.2, 0.25) is 0 Å². The van der Waals surface area contributed by atoms with E-state index >= 15 is 0 Å². The van der Waals surface area contributed by atoms with Gasteiger partial charge in [0.25, 0.3) is 10.0 Å². The minimum atomic E-state index is -4.30. The van der Waals surface area contributed by atoms with Crippen LogP contribution in [-0.2, 0) is 19.6 Å². The molecule has 0 saturated carbocycles. The molecule has 0 bridgehead atoms. The predicted molar refractivity (Wildman–Crippen MR) is 60.3 cm³/mol. The summed E-state index contributed by atoms with van der Waals surface area (Å²) >= 11 is 0. The van der Waals surface area contributed by atoms with Gasteiger partial charge in [-0.15, -0.1) is 0 Å². The van der Waals surface area contributed by atoms with Gasteiger partial charge in [-0.25, -0.2) is 17.8 Å². The molecular formula is C10H11FN2O5S. The molecule has 1 aliphatic rings. The molecule has 1 saturated heterocycles. The van der Waals surface area contributed by atoms with Crippen LogP contribution in [0.5, 0.6) is 0 Å². The Balaban J connectivity index is 2.43. The van der Waals surface area contributed by atoms with E-state index in [1.54, 1.807) is 0 Å². The first-order valence-corrected chi connectivity index (χ1v) is 6.81. The van der Waals surface area contributed by atoms with Crippen molar-refractivity contribution >= 4 is 16.0 Å². The monoisotopic (exact) mass is 290 g/mol. The van der Waals surface area contributed by atoms with Gasteiger partial charge >= 0.3 is 5.97 Å². The fourth-order valence-electron chi connectivity index (χ4n) is 1.74. The number of pyridine rings is 1. The molecule has 1 N–H and O–H groups in total. The van der Waals surface area contributed by atoms with E-state index in [9.17, 15) is 17.6 Å². The highest BCUT2D eigenvalue weighted by Gasteiger charge is 2.40. The lowest BCUT2D eigenvalue weighted by molar-refractivity contribution is -0.146. The van der Waals surface area contributed by atoms with Crippen molar-refractivity contribution in [2.24, 2.45) is 0 Å². The summed E-state index contributed by atoms with van der Waals surface area (Å²) in [6, 6.07) is 0.832. The smallest absolute Gasteiger partial charge is 0.324 e. The molecule has 104 valence electrons. The van der Waals surface area contributed by atoms with Crippen molar-refractivity contribution in [2.75, 3.05) is 19.8 Å². The van der Waals surface area contributed by atoms with Crippen LogP contribution in [-0.4, -0.2) is 54.6 Å². The van der Waals surface area contributed by atoms with Crippen molar-refractivity contribution in [3.8, 4) is 0 Å². The maximum Gasteiger partial charge on any atom is 0.324 e. The van der Waals surface area contributed by atoms with E-state index in [0.29, 0.717) is 4.31 Å². The summed E-state index contributed by atoms with van der Waals surface area (Å²) in [5.41, 5.74) is 0. The normalized spacial score (nSPS) is 21.2. The van der Waals surface area contributed by atoms with Crippen molar-refractivity contribution in [2.45, 2.75) is 11.1 Å². The summed E-state index contributed by atoms with van der Waals surface area (Å²) in [7, 11) is -4.30. The Bertz CT molecular complexity index is 591. The molecule has 0 amide bonds. The Morgan fingerprint density at radius 1 is 1.58 bits per heavy atom. The molecule has 0 spiro atoms. The van der Waals surface area contributed by atoms with Gasteiger partial charge in [-0.1, -0.05) is 0 Å². The quantitative estimate of drug-likeness (QED) is 0.820. The molecule has 0 aliphatic carbocycles. The van der Waals surface area contributed by atoms with Crippen molar-refractivity contribution in [1.29, 1.82) is 0 Å². The molecule has 2 heterocycles. The molecule has 1 atom stereocenters. The molecule has 1 aromatic rings. The Kier molecular flexibility index (Phi) is 3.78. The van der Waals surface area contributed by atoms with Crippen LogP contribution in [0.3, 0.4) is 0 Å². The molecule has 2 rings (SSSR count). The van der Waals surface area contributed by atoms with Gasteiger partial charge < -0.3 is 9.84 Å². The molecule has 7 nitrogen and oxygen atoms in total. The number of sulfonamides is 1. The van der Waals surface area contributed by atoms with E-state index in [-0.39, 0.29) is 19.8 Å². The summed E-state index contributed by atoms with van der Waals surface area (Å²) in [6.45, 7) is -0.379. The molecule has 1 fully saturated rings. The highest BCUT2D eigenvalue weighted by Crippen LogP contribution is 2.21. The number of aliphatic carboxylic acids is 1. The van der Waals surface area contributed by atoms with E-state index in [4.69, 9.17) is 9.84 Å². The topological polar surface area (TPSA) is 96.8 Å². The minimum Gasteiger partial charge on any atom is -0.480 e. The van der Waals surface area contributed by atoms with E-state index in [0.717, 1.165) is 12.3 Å². The van der Waals surface area contributed by atoms with Crippen molar-refractivity contribution in [1.82, 2.24) is 9.29 Å². The van der Waals surface area contributed by atoms with Gasteiger partial charge in [0.05, 0.1) is 13.2 Å². The molecule has 1 aliphatic heterocycles. The number of hydrogen-bond donors (Lipinski definition) is 1. The largest absolute Gasteiger partial charge is 0.480 e. The number of hydrogen-bond acceptors (Lipinski definition) is 5. The van der Waals surface area contributed by atoms with Crippen molar-refractivity contribution in [3.63, 3.8) is 0 Å². The summed E-state index contributed by atoms with van der Waals surface area (Å²) in [5, 5.41) is 8.21. The summed E-state index contributed by atoms with van der Waals surface area (Å²) in [5.74, 6) is -2.36. The van der Waals surface area contributed by atoms with Crippen LogP contribution in [0.4, 0.5) is 4.39 Å². The number of nitrogens with zero attached hydrogens (tertiary/aromatic N) is 2. The lowest BCUT2D eigenvalue weighted by Gasteiger charge is -2.31. The number of carboxylic acids is 1. The molecule has 19 heavy (non-hydrogen) atoms. The van der Waals surface area contributed by atoms with Crippen LogP contribution < -0.4 is 0 Å². The number of ether oxygens (including phenoxy) is 1. The zero-order valence-electron chi connectivity index (χ0n) is 9.69. The maximum atomic E-state index is 13.5. The standard InChI is InChI=1S/C10H11FN2O5S/c11-7-2-1-3-12-9(7)19(16,17)13-4-5-18-6-8(13)10(14)15/h1-3,8H,4-6H2,(H,14,15). The molecule has 0 aromatic carbocycles. The van der Waals surface area contributed by atoms with Crippen LogP contribution in [0, 0.1) is 5.82 Å². The van der Waals surface area contributed by atoms with Crippen LogP contribution >= 0.6 is 0 Å². The van der Waals surface area contributed by atoms with Gasteiger partial charge in [-0.3, -0.25) is 4.79 Å². The fraction of sp³-hybridized carbons (Fsp3) is 0.400. The fourth-order valence-corrected chi connectivity index (χ4v) is 3.27. The second-order valence-corrected chi connectivity index (χ2v) is 5.64. The Morgan fingerprint density at radius 3 is 2.95 bits per heavy atom. The Labute approximate surface area is 108 Å². The van der Waals surface area contributed by atoms with Crippen LogP contribution in [0.1, 0.15) is 0 Å². The second kappa shape index (κ2) is 5.19. The summed E-state index contributed by atoms with van der Waals surface area (Å²) < 4.78 is 43.6. The third-order valence-corrected chi connectivity index (χ3v) is 4.49. The van der Waals surface area contributed by atoms with E-state index in [1.807, 2.05) is 0 Å². The van der Waals surface area contributed by atoms with Crippen molar-refractivity contribution < 1.29 is 27.4 Å². The lowest BCUT2D eigenvalue weighted by Crippen LogP contribution is -2.52. The van der Waals surface area contributed by atoms with Gasteiger partial charge in [-0.05, 0) is 12.1 Å². The molecular weight excluding hydrogens is 279 g/mol. The number of aromatic nitrogens is 1. The highest BCUT2D eigenvalue weighted by atomic mass is 32.2. The van der Waals surface area contributed by atoms with Gasteiger partial charge in [-0.2, -0.15) is 4.31 Å². The molecule has 9 heteroatoms. The third-order valence-electron chi connectivity index (χ3n) is 2.64. The number of halogens is 1. The average molecular weight is 290 g/mol. The maximum absolute atomic E-state index is 13.5. The third kappa shape index (κ3) is 2.57. The highest BCUT2D eigenvalue weighted by molar-refractivity contribution is 7.89. The van der Waals surface area contributed by atoms with Crippen molar-refractivity contribution in [3.05, 3.63) is 24.1 Å². The molecule has 0 radical (unpaired) electrons. The van der Waals surface area contributed by atoms with E-state index < -0.39 is 32.9 Å². The van der Waals surface area contributed by atoms with E-state index in [2.05, 4.69) is 4.98 Å². The predicted octanol–water partition coefficient (Wildman–Crippen LogP) is -0.305. The van der Waals surface area contributed by atoms with Gasteiger partial charge in [0, 0.05) is 12.7 Å². The average Bonchev–Trinajstić information content (AvgIpc) is 2.39. The van der Waals surface area contributed by atoms with Crippen LogP contribution in [0.25, 0.3) is 0 Å². The Morgan fingerprint density at radius 2 is 2.32 bits per heavy atom. The number of morpholine rings is 1. The first kappa shape index (κ1) is 13.8. The molecule has 1 aromatic heterocycles. The minimum absolute atomic E-state index is 0.0530. The SMILES string of the molecule is O=C(O)C1COCCN1S(=O)(=O)c1ncccc1F. The Hall–Kier alpha value is -1.58. The number of rotatable bonds is 3. The van der Waals surface area contributed by atoms with Gasteiger partial charge in [0.2, 0.25) is 5.03 Å². The first-order chi connectivity index (χ1) is 8.94. The van der Waals surface area contributed by atoms with Crippen LogP contribution in [0.15, 0.2) is 23.4 Å². The summed E-state index contributed by atoms with van der Waals surface area (Å²) in [4.78, 5) is 14.5.